The van der Waals surface area contributed by atoms with Crippen LogP contribution in [0.4, 0.5) is 0 Å². The average molecular weight is 493 g/mol. The van der Waals surface area contributed by atoms with Crippen LogP contribution in [-0.4, -0.2) is 24.3 Å². The fourth-order valence-corrected chi connectivity index (χ4v) is 6.21. The van der Waals surface area contributed by atoms with Gasteiger partial charge in [0, 0.05) is 5.41 Å². The van der Waals surface area contributed by atoms with Crippen molar-refractivity contribution < 1.29 is 9.47 Å². The zero-order chi connectivity index (χ0) is 24.5. The predicted octanol–water partition coefficient (Wildman–Crippen LogP) is 7.68. The first-order valence-electron chi connectivity index (χ1n) is 12.3. The maximum absolute atomic E-state index is 5.62. The standard InChI is InChI=1S/C31H28N2O2S/c1-34-25-14-6-9-21(18-25)17-23-12-8-16-27-29(23)32-31-33(28(20-36-31)22-10-4-3-5-11-22)30(27)24-13-7-15-26(19-24)35-2/h3-7,9-11,13-15,17-20,30H,8,12,16H2,1-2H3/b23-17+/t30-/m1/s1. The van der Waals surface area contributed by atoms with Gasteiger partial charge in [-0.15, -0.1) is 0 Å². The van der Waals surface area contributed by atoms with Crippen LogP contribution in [0.3, 0.4) is 0 Å². The molecule has 0 spiro atoms. The number of benzene rings is 3. The highest BCUT2D eigenvalue weighted by molar-refractivity contribution is 8.16. The zero-order valence-corrected chi connectivity index (χ0v) is 21.3. The largest absolute Gasteiger partial charge is 0.497 e. The van der Waals surface area contributed by atoms with Gasteiger partial charge in [0.25, 0.3) is 0 Å². The highest BCUT2D eigenvalue weighted by Crippen LogP contribution is 2.51. The van der Waals surface area contributed by atoms with Crippen LogP contribution in [-0.2, 0) is 0 Å². The van der Waals surface area contributed by atoms with Gasteiger partial charge in [-0.3, -0.25) is 0 Å². The van der Waals surface area contributed by atoms with E-state index in [1.165, 1.54) is 28.0 Å². The van der Waals surface area contributed by atoms with Crippen LogP contribution in [0, 0.1) is 0 Å². The van der Waals surface area contributed by atoms with Crippen molar-refractivity contribution in [2.75, 3.05) is 14.2 Å². The number of methoxy groups -OCH3 is 2. The first-order chi connectivity index (χ1) is 17.7. The minimum absolute atomic E-state index is 0.0677. The maximum Gasteiger partial charge on any atom is 0.174 e. The first-order valence-corrected chi connectivity index (χ1v) is 13.2. The number of amidine groups is 1. The van der Waals surface area contributed by atoms with Crippen LogP contribution in [0.5, 0.6) is 11.5 Å². The molecule has 1 atom stereocenters. The second kappa shape index (κ2) is 9.75. The molecule has 3 aliphatic rings. The summed E-state index contributed by atoms with van der Waals surface area (Å²) in [5.74, 6) is 1.74. The van der Waals surface area contributed by atoms with E-state index in [2.05, 4.69) is 77.0 Å². The summed E-state index contributed by atoms with van der Waals surface area (Å²) in [6.45, 7) is 0. The molecule has 0 amide bonds. The average Bonchev–Trinajstić information content (AvgIpc) is 3.36. The van der Waals surface area contributed by atoms with E-state index in [-0.39, 0.29) is 6.04 Å². The molecule has 3 aromatic carbocycles. The Morgan fingerprint density at radius 2 is 1.67 bits per heavy atom. The Morgan fingerprint density at radius 3 is 2.47 bits per heavy atom. The minimum atomic E-state index is 0.0677. The van der Waals surface area contributed by atoms with E-state index < -0.39 is 0 Å². The molecule has 0 aromatic heterocycles. The van der Waals surface area contributed by atoms with Gasteiger partial charge in [0.05, 0.1) is 31.7 Å². The van der Waals surface area contributed by atoms with Crippen molar-refractivity contribution in [3.8, 4) is 11.5 Å². The molecule has 0 radical (unpaired) electrons. The third kappa shape index (κ3) is 4.14. The van der Waals surface area contributed by atoms with Gasteiger partial charge in [-0.2, -0.15) is 0 Å². The number of thioether (sulfide) groups is 1. The minimum Gasteiger partial charge on any atom is -0.497 e. The zero-order valence-electron chi connectivity index (χ0n) is 20.5. The molecule has 2 aliphatic heterocycles. The SMILES string of the molecule is COc1cccc(/C=C2\CCCC3=C2N=C2SC=C(c4ccccc4)N2[C@@H]3c2cccc(OC)c2)c1. The Kier molecular flexibility index (Phi) is 6.16. The Labute approximate surface area is 216 Å². The predicted molar refractivity (Wildman–Crippen MR) is 149 cm³/mol. The summed E-state index contributed by atoms with van der Waals surface area (Å²) in [7, 11) is 3.44. The van der Waals surface area contributed by atoms with Crippen LogP contribution in [0.2, 0.25) is 0 Å². The number of ether oxygens (including phenoxy) is 2. The lowest BCUT2D eigenvalue weighted by molar-refractivity contribution is 0.410. The molecule has 1 aliphatic carbocycles. The fourth-order valence-electron chi connectivity index (χ4n) is 5.28. The molecule has 0 N–H and O–H groups in total. The van der Waals surface area contributed by atoms with Gasteiger partial charge >= 0.3 is 0 Å². The maximum atomic E-state index is 5.62. The van der Waals surface area contributed by atoms with E-state index in [0.717, 1.165) is 47.2 Å². The summed E-state index contributed by atoms with van der Waals surface area (Å²) in [5, 5.41) is 3.27. The molecule has 3 aromatic rings. The summed E-state index contributed by atoms with van der Waals surface area (Å²) in [5.41, 5.74) is 8.56. The summed E-state index contributed by atoms with van der Waals surface area (Å²) in [6, 6.07) is 27.4. The van der Waals surface area contributed by atoms with Crippen molar-refractivity contribution in [2.24, 2.45) is 4.99 Å². The molecule has 4 nitrogen and oxygen atoms in total. The van der Waals surface area contributed by atoms with Gasteiger partial charge in [0.15, 0.2) is 5.17 Å². The number of hydrogen-bond acceptors (Lipinski definition) is 5. The van der Waals surface area contributed by atoms with E-state index in [0.29, 0.717) is 0 Å². The highest BCUT2D eigenvalue weighted by Gasteiger charge is 2.40. The Morgan fingerprint density at radius 1 is 0.889 bits per heavy atom. The summed E-state index contributed by atoms with van der Waals surface area (Å²) in [4.78, 5) is 7.70. The normalized spacial score (nSPS) is 20.0. The van der Waals surface area contributed by atoms with Crippen molar-refractivity contribution in [1.29, 1.82) is 0 Å². The van der Waals surface area contributed by atoms with Crippen molar-refractivity contribution in [3.63, 3.8) is 0 Å². The number of rotatable bonds is 5. The molecule has 0 fully saturated rings. The van der Waals surface area contributed by atoms with Gasteiger partial charge in [-0.05, 0) is 77.4 Å². The lowest BCUT2D eigenvalue weighted by atomic mass is 9.82. The monoisotopic (exact) mass is 492 g/mol. The third-order valence-corrected chi connectivity index (χ3v) is 7.79. The van der Waals surface area contributed by atoms with Gasteiger partial charge < -0.3 is 14.4 Å². The molecular formula is C31H28N2O2S. The fraction of sp³-hybridized carbons (Fsp3) is 0.194. The Hall–Kier alpha value is -3.70. The van der Waals surface area contributed by atoms with Gasteiger partial charge in [-0.25, -0.2) is 4.99 Å². The Bertz CT molecular complexity index is 1420. The lowest BCUT2D eigenvalue weighted by Crippen LogP contribution is -2.34. The van der Waals surface area contributed by atoms with Crippen LogP contribution in [0.15, 0.2) is 106 Å². The third-order valence-electron chi connectivity index (χ3n) is 6.95. The van der Waals surface area contributed by atoms with Gasteiger partial charge in [0.2, 0.25) is 0 Å². The summed E-state index contributed by atoms with van der Waals surface area (Å²) < 4.78 is 11.1. The van der Waals surface area contributed by atoms with E-state index in [4.69, 9.17) is 14.5 Å². The molecule has 0 bridgehead atoms. The number of allylic oxidation sites excluding steroid dienone is 1. The van der Waals surface area contributed by atoms with Crippen LogP contribution in [0.1, 0.15) is 42.0 Å². The topological polar surface area (TPSA) is 34.1 Å². The quantitative estimate of drug-likeness (QED) is 0.366. The number of aliphatic imine (C=N–C) groups is 1. The molecule has 180 valence electrons. The van der Waals surface area contributed by atoms with E-state index >= 15 is 0 Å². The summed E-state index contributed by atoms with van der Waals surface area (Å²) in [6.07, 6.45) is 5.42. The Balaban J connectivity index is 1.50. The van der Waals surface area contributed by atoms with E-state index in [9.17, 15) is 0 Å². The van der Waals surface area contributed by atoms with Crippen molar-refractivity contribution in [2.45, 2.75) is 25.3 Å². The van der Waals surface area contributed by atoms with Crippen LogP contribution < -0.4 is 9.47 Å². The first kappa shape index (κ1) is 22.7. The van der Waals surface area contributed by atoms with Crippen molar-refractivity contribution in [3.05, 3.63) is 118 Å². The van der Waals surface area contributed by atoms with E-state index in [1.54, 1.807) is 26.0 Å². The second-order valence-corrected chi connectivity index (χ2v) is 9.94. The molecule has 0 unspecified atom stereocenters. The molecule has 0 saturated heterocycles. The van der Waals surface area contributed by atoms with Crippen LogP contribution in [0.25, 0.3) is 11.8 Å². The molecule has 0 saturated carbocycles. The molecular weight excluding hydrogens is 464 g/mol. The molecule has 2 heterocycles. The number of hydrogen-bond donors (Lipinski definition) is 0. The van der Waals surface area contributed by atoms with Gasteiger partial charge in [-0.1, -0.05) is 66.4 Å². The smallest absolute Gasteiger partial charge is 0.174 e. The molecule has 6 rings (SSSR count). The molecule has 5 heteroatoms. The van der Waals surface area contributed by atoms with Crippen LogP contribution >= 0.6 is 11.8 Å². The van der Waals surface area contributed by atoms with Crippen molar-refractivity contribution >= 4 is 28.7 Å². The second-order valence-electron chi connectivity index (χ2n) is 9.10. The van der Waals surface area contributed by atoms with E-state index in [1.807, 2.05) is 18.2 Å². The van der Waals surface area contributed by atoms with Gasteiger partial charge in [0.1, 0.15) is 11.5 Å². The van der Waals surface area contributed by atoms with Crippen molar-refractivity contribution in [1.82, 2.24) is 4.90 Å². The molecule has 36 heavy (non-hydrogen) atoms. The summed E-state index contributed by atoms with van der Waals surface area (Å²) >= 11 is 1.71. The lowest BCUT2D eigenvalue weighted by Gasteiger charge is -2.40. The highest BCUT2D eigenvalue weighted by atomic mass is 32.2. The number of nitrogens with zero attached hydrogens (tertiary/aromatic N) is 2. The number of fused-ring (bicyclic) bond motifs is 1.